The van der Waals surface area contributed by atoms with Crippen LogP contribution >= 0.6 is 12.2 Å². The number of furan rings is 1. The van der Waals surface area contributed by atoms with Gasteiger partial charge in [-0.25, -0.2) is 4.39 Å². The molecule has 0 amide bonds. The molecule has 1 N–H and O–H groups in total. The molecule has 0 aliphatic carbocycles. The van der Waals surface area contributed by atoms with Crippen molar-refractivity contribution < 1.29 is 8.81 Å². The maximum Gasteiger partial charge on any atom is 0.177 e. The Morgan fingerprint density at radius 2 is 2.46 bits per heavy atom. The van der Waals surface area contributed by atoms with E-state index in [4.69, 9.17) is 16.6 Å². The largest absolute Gasteiger partial charge is 0.464 e. The first kappa shape index (κ1) is 8.25. The molecule has 0 saturated carbocycles. The Morgan fingerprint density at radius 1 is 1.62 bits per heavy atom. The van der Waals surface area contributed by atoms with Crippen molar-refractivity contribution in [2.45, 2.75) is 6.54 Å². The number of hydrogen-bond donors (Lipinski definition) is 1. The molecule has 5 heteroatoms. The highest BCUT2D eigenvalue weighted by atomic mass is 32.1. The molecule has 0 aliphatic rings. The topological polar surface area (TPSA) is 33.9 Å². The predicted molar refractivity (Wildman–Crippen MR) is 47.4 cm³/mol. The van der Waals surface area contributed by atoms with Gasteiger partial charge in [0.05, 0.1) is 12.8 Å². The number of nitrogens with one attached hydrogen (secondary N) is 1. The number of hydrogen-bond acceptors (Lipinski definition) is 2. The van der Waals surface area contributed by atoms with E-state index in [1.54, 1.807) is 17.0 Å². The molecule has 68 valence electrons. The summed E-state index contributed by atoms with van der Waals surface area (Å²) in [6.45, 7) is 0.321. The van der Waals surface area contributed by atoms with Gasteiger partial charge in [0.25, 0.3) is 0 Å². The van der Waals surface area contributed by atoms with E-state index >= 15 is 0 Å². The third-order valence-corrected chi connectivity index (χ3v) is 2.08. The second-order valence-electron chi connectivity index (χ2n) is 2.58. The van der Waals surface area contributed by atoms with E-state index in [0.29, 0.717) is 11.3 Å². The van der Waals surface area contributed by atoms with Crippen molar-refractivity contribution in [3.8, 4) is 0 Å². The molecule has 13 heavy (non-hydrogen) atoms. The van der Waals surface area contributed by atoms with Crippen LogP contribution in [0.1, 0.15) is 5.76 Å². The fourth-order valence-electron chi connectivity index (χ4n) is 1.07. The molecule has 0 fully saturated rings. The monoisotopic (exact) mass is 198 g/mol. The van der Waals surface area contributed by atoms with E-state index in [-0.39, 0.29) is 11.6 Å². The van der Waals surface area contributed by atoms with Gasteiger partial charge in [0, 0.05) is 18.5 Å². The Kier molecular flexibility index (Phi) is 2.02. The third kappa shape index (κ3) is 1.55. The van der Waals surface area contributed by atoms with Crippen LogP contribution in [0.15, 0.2) is 29.1 Å². The zero-order valence-electron chi connectivity index (χ0n) is 6.66. The smallest absolute Gasteiger partial charge is 0.177 e. The second-order valence-corrected chi connectivity index (χ2v) is 2.97. The molecule has 3 nitrogen and oxygen atoms in total. The van der Waals surface area contributed by atoms with Crippen LogP contribution in [0.25, 0.3) is 0 Å². The van der Waals surface area contributed by atoms with Gasteiger partial charge in [-0.15, -0.1) is 0 Å². The molecule has 0 bridgehead atoms. The van der Waals surface area contributed by atoms with Crippen molar-refractivity contribution in [1.82, 2.24) is 9.55 Å². The van der Waals surface area contributed by atoms with Gasteiger partial charge in [-0.05, 0) is 12.2 Å². The van der Waals surface area contributed by atoms with Crippen LogP contribution in [0.3, 0.4) is 0 Å². The number of imidazole rings is 1. The fourth-order valence-corrected chi connectivity index (χ4v) is 1.26. The Balaban J connectivity index is 2.29. The molecular weight excluding hydrogens is 191 g/mol. The molecule has 0 saturated heterocycles. The van der Waals surface area contributed by atoms with Crippen molar-refractivity contribution in [3.05, 3.63) is 41.1 Å². The number of nitrogens with zero attached hydrogens (tertiary/aromatic N) is 1. The van der Waals surface area contributed by atoms with Crippen molar-refractivity contribution in [3.63, 3.8) is 0 Å². The Labute approximate surface area is 78.8 Å². The van der Waals surface area contributed by atoms with Crippen LogP contribution in [-0.4, -0.2) is 9.55 Å². The molecular formula is C8H7FN2OS. The van der Waals surface area contributed by atoms with E-state index in [1.807, 2.05) is 0 Å². The summed E-state index contributed by atoms with van der Waals surface area (Å²) in [6.07, 6.45) is 4.76. The van der Waals surface area contributed by atoms with Crippen molar-refractivity contribution in [2.24, 2.45) is 0 Å². The maximum atomic E-state index is 12.9. The van der Waals surface area contributed by atoms with Gasteiger partial charge >= 0.3 is 0 Å². The molecule has 0 unspecified atom stereocenters. The van der Waals surface area contributed by atoms with Gasteiger partial charge in [0.1, 0.15) is 0 Å². The van der Waals surface area contributed by atoms with Crippen LogP contribution in [0.5, 0.6) is 0 Å². The second kappa shape index (κ2) is 3.18. The SMILES string of the molecule is Fc1ccoc1Cn1cc[nH]c1=S. The Hall–Kier alpha value is -1.36. The van der Waals surface area contributed by atoms with E-state index in [9.17, 15) is 4.39 Å². The van der Waals surface area contributed by atoms with Crippen LogP contribution < -0.4 is 0 Å². The van der Waals surface area contributed by atoms with Crippen molar-refractivity contribution in [1.29, 1.82) is 0 Å². The van der Waals surface area contributed by atoms with Crippen molar-refractivity contribution >= 4 is 12.2 Å². The minimum atomic E-state index is -0.344. The van der Waals surface area contributed by atoms with Crippen LogP contribution in [0, 0.1) is 10.6 Å². The summed E-state index contributed by atoms with van der Waals surface area (Å²) in [5.41, 5.74) is 0. The molecule has 0 aliphatic heterocycles. The van der Waals surface area contributed by atoms with Crippen LogP contribution in [0.4, 0.5) is 4.39 Å². The molecule has 2 rings (SSSR count). The first-order valence-corrected chi connectivity index (χ1v) is 4.14. The molecule has 0 aromatic carbocycles. The van der Waals surface area contributed by atoms with Crippen LogP contribution in [0.2, 0.25) is 0 Å². The third-order valence-electron chi connectivity index (χ3n) is 1.73. The quantitative estimate of drug-likeness (QED) is 0.751. The highest BCUT2D eigenvalue weighted by Gasteiger charge is 2.05. The summed E-state index contributed by atoms with van der Waals surface area (Å²) in [5.74, 6) is -0.0567. The lowest BCUT2D eigenvalue weighted by atomic mass is 10.4. The molecule has 2 aromatic rings. The number of aromatic nitrogens is 2. The molecule has 0 radical (unpaired) electrons. The minimum absolute atomic E-state index is 0.288. The van der Waals surface area contributed by atoms with Crippen LogP contribution in [-0.2, 0) is 6.54 Å². The van der Waals surface area contributed by atoms with E-state index < -0.39 is 0 Å². The molecule has 0 atom stereocenters. The number of H-pyrrole nitrogens is 1. The standard InChI is InChI=1S/C8H7FN2OS/c9-6-1-4-12-7(6)5-11-3-2-10-8(11)13/h1-4H,5H2,(H,10,13). The minimum Gasteiger partial charge on any atom is -0.464 e. The molecule has 2 aromatic heterocycles. The summed E-state index contributed by atoms with van der Waals surface area (Å²) in [6, 6.07) is 1.28. The number of aromatic amines is 1. The van der Waals surface area contributed by atoms with Gasteiger partial charge < -0.3 is 14.0 Å². The van der Waals surface area contributed by atoms with Gasteiger partial charge in [-0.1, -0.05) is 0 Å². The molecule has 2 heterocycles. The summed E-state index contributed by atoms with van der Waals surface area (Å²) in [4.78, 5) is 2.81. The fraction of sp³-hybridized carbons (Fsp3) is 0.125. The lowest BCUT2D eigenvalue weighted by Gasteiger charge is -1.97. The summed E-state index contributed by atoms with van der Waals surface area (Å²) < 4.78 is 20.1. The normalized spacial score (nSPS) is 10.5. The average Bonchev–Trinajstić information content (AvgIpc) is 2.65. The number of halogens is 1. The zero-order chi connectivity index (χ0) is 9.26. The highest BCUT2D eigenvalue weighted by Crippen LogP contribution is 2.09. The predicted octanol–water partition coefficient (Wildman–Crippen LogP) is 2.33. The lowest BCUT2D eigenvalue weighted by Crippen LogP contribution is -1.98. The number of rotatable bonds is 2. The molecule has 0 spiro atoms. The highest BCUT2D eigenvalue weighted by molar-refractivity contribution is 7.71. The first-order chi connectivity index (χ1) is 6.27. The zero-order valence-corrected chi connectivity index (χ0v) is 7.47. The maximum absolute atomic E-state index is 12.9. The lowest BCUT2D eigenvalue weighted by molar-refractivity contribution is 0.458. The van der Waals surface area contributed by atoms with E-state index in [1.165, 1.54) is 12.3 Å². The van der Waals surface area contributed by atoms with Gasteiger partial charge in [0.2, 0.25) is 0 Å². The Morgan fingerprint density at radius 3 is 3.00 bits per heavy atom. The summed E-state index contributed by atoms with van der Waals surface area (Å²) in [5, 5.41) is 0. The van der Waals surface area contributed by atoms with Gasteiger partial charge in [0.15, 0.2) is 16.3 Å². The Bertz CT molecular complexity index is 456. The first-order valence-electron chi connectivity index (χ1n) is 3.73. The van der Waals surface area contributed by atoms with Crippen molar-refractivity contribution in [2.75, 3.05) is 0 Å². The summed E-state index contributed by atoms with van der Waals surface area (Å²) in [7, 11) is 0. The van der Waals surface area contributed by atoms with Gasteiger partial charge in [-0.2, -0.15) is 0 Å². The average molecular weight is 198 g/mol. The van der Waals surface area contributed by atoms with Gasteiger partial charge in [-0.3, -0.25) is 0 Å². The van der Waals surface area contributed by atoms with E-state index in [0.717, 1.165) is 0 Å². The van der Waals surface area contributed by atoms with E-state index in [2.05, 4.69) is 4.98 Å². The summed E-state index contributed by atoms with van der Waals surface area (Å²) >= 11 is 4.95.